The van der Waals surface area contributed by atoms with Gasteiger partial charge in [0.25, 0.3) is 5.97 Å². The first kappa shape index (κ1) is 16.8. The predicted octanol–water partition coefficient (Wildman–Crippen LogP) is -1.34. The molecule has 0 aliphatic rings. The quantitative estimate of drug-likeness (QED) is 0.593. The van der Waals surface area contributed by atoms with E-state index in [2.05, 4.69) is 0 Å². The fourth-order valence-corrected chi connectivity index (χ4v) is 1.25. The van der Waals surface area contributed by atoms with Crippen LogP contribution in [0.4, 0.5) is 0 Å². The van der Waals surface area contributed by atoms with Crippen molar-refractivity contribution in [3.05, 3.63) is 0 Å². The molecular formula is C8H11B6NO2. The van der Waals surface area contributed by atoms with E-state index in [1.165, 1.54) is 0 Å². The second-order valence-corrected chi connectivity index (χ2v) is 5.14. The Morgan fingerprint density at radius 1 is 1.18 bits per heavy atom. The highest BCUT2D eigenvalue weighted by molar-refractivity contribution is 6.57. The lowest BCUT2D eigenvalue weighted by Gasteiger charge is -2.54. The molecule has 0 rings (SSSR count). The van der Waals surface area contributed by atoms with Crippen molar-refractivity contribution < 1.29 is 9.90 Å². The highest BCUT2D eigenvalue weighted by Crippen LogP contribution is 2.40. The summed E-state index contributed by atoms with van der Waals surface area (Å²) in [5, 5.41) is 4.70. The Bertz CT molecular complexity index is 301. The highest BCUT2D eigenvalue weighted by atomic mass is 16.4. The van der Waals surface area contributed by atoms with Crippen molar-refractivity contribution in [1.82, 2.24) is 4.81 Å². The van der Waals surface area contributed by atoms with Gasteiger partial charge in [0.2, 0.25) is 0 Å². The van der Waals surface area contributed by atoms with Gasteiger partial charge >= 0.3 is 0 Å². The van der Waals surface area contributed by atoms with Crippen LogP contribution in [0.3, 0.4) is 0 Å². The fraction of sp³-hybridized carbons (Fsp3) is 0.875. The van der Waals surface area contributed by atoms with Crippen LogP contribution in [-0.4, -0.2) is 74.0 Å². The monoisotopic (exact) mass is 219 g/mol. The maximum atomic E-state index is 10.9. The standard InChI is InChI=1S/C8H11B6NO2/c1-6(2,3)15(14)8(12,13)4(9)7(10,11)5(16)17/h4H,1-3H3,(H,16,17). The van der Waals surface area contributed by atoms with Crippen LogP contribution in [0.15, 0.2) is 0 Å². The van der Waals surface area contributed by atoms with Gasteiger partial charge in [0.05, 0.1) is 39.2 Å². The first-order valence-corrected chi connectivity index (χ1v) is 4.95. The molecule has 0 aliphatic heterocycles. The number of rotatable bonds is 4. The number of hydrogen-bond acceptors (Lipinski definition) is 2. The molecule has 3 nitrogen and oxygen atoms in total. The SMILES string of the molecule is [B]C(C([B])([B])C(=O)O)C([B])([B])N([B])C(C)(C)C. The minimum absolute atomic E-state index is 0.643. The van der Waals surface area contributed by atoms with E-state index in [0.29, 0.717) is 0 Å². The van der Waals surface area contributed by atoms with Gasteiger partial charge in [-0.25, -0.2) is 0 Å². The number of carboxylic acids is 1. The third kappa shape index (κ3) is 3.40. The van der Waals surface area contributed by atoms with E-state index >= 15 is 0 Å². The van der Waals surface area contributed by atoms with Crippen molar-refractivity contribution in [3.63, 3.8) is 0 Å². The van der Waals surface area contributed by atoms with E-state index < -0.39 is 27.9 Å². The molecule has 0 spiro atoms. The van der Waals surface area contributed by atoms with Crippen molar-refractivity contribution >= 4 is 53.2 Å². The van der Waals surface area contributed by atoms with Crippen molar-refractivity contribution in [2.45, 2.75) is 42.7 Å². The Labute approximate surface area is 111 Å². The zero-order valence-corrected chi connectivity index (χ0v) is 10.3. The highest BCUT2D eigenvalue weighted by Gasteiger charge is 2.43. The molecule has 1 N–H and O–H groups in total. The smallest absolute Gasteiger partial charge is 0.291 e. The van der Waals surface area contributed by atoms with Crippen LogP contribution in [0.25, 0.3) is 0 Å². The lowest BCUT2D eigenvalue weighted by atomic mass is 9.32. The van der Waals surface area contributed by atoms with Gasteiger partial charge in [-0.1, -0.05) is 11.2 Å². The number of aliphatic carboxylic acids is 1. The first-order valence-electron chi connectivity index (χ1n) is 4.95. The summed E-state index contributed by atoms with van der Waals surface area (Å²) in [4.78, 5) is 11.9. The summed E-state index contributed by atoms with van der Waals surface area (Å²) in [7, 11) is 33.6. The van der Waals surface area contributed by atoms with E-state index in [1.807, 2.05) is 0 Å². The van der Waals surface area contributed by atoms with Crippen LogP contribution < -0.4 is 0 Å². The maximum absolute atomic E-state index is 10.9. The van der Waals surface area contributed by atoms with Gasteiger partial charge in [0.15, 0.2) is 7.98 Å². The van der Waals surface area contributed by atoms with Gasteiger partial charge in [-0.15, -0.1) is 0 Å². The number of carboxylic acid groups (broad SMARTS) is 1. The van der Waals surface area contributed by atoms with E-state index in [4.69, 9.17) is 52.3 Å². The number of carbonyl (C=O) groups is 1. The molecule has 0 aliphatic carbocycles. The van der Waals surface area contributed by atoms with Crippen LogP contribution in [0.5, 0.6) is 0 Å². The maximum Gasteiger partial charge on any atom is 0.291 e. The van der Waals surface area contributed by atoms with Crippen LogP contribution in [-0.2, 0) is 4.79 Å². The molecule has 12 radical (unpaired) electrons. The van der Waals surface area contributed by atoms with Crippen LogP contribution >= 0.6 is 0 Å². The first-order chi connectivity index (χ1) is 7.25. The molecule has 0 aromatic rings. The minimum atomic E-state index is -2.29. The molecule has 9 heteroatoms. The summed E-state index contributed by atoms with van der Waals surface area (Å²) in [5.74, 6) is -3.00. The van der Waals surface area contributed by atoms with Gasteiger partial charge in [-0.05, 0) is 26.0 Å². The minimum Gasteiger partial charge on any atom is -0.482 e. The molecule has 0 aromatic carbocycles. The summed E-state index contributed by atoms with van der Waals surface area (Å²) in [6.45, 7) is 5.18. The van der Waals surface area contributed by atoms with Crippen molar-refractivity contribution in [1.29, 1.82) is 0 Å². The Balaban J connectivity index is 5.27. The summed E-state index contributed by atoms with van der Waals surface area (Å²) in [5.41, 5.74) is -0.643. The molecule has 0 saturated carbocycles. The number of hydrogen-bond donors (Lipinski definition) is 1. The molecule has 17 heavy (non-hydrogen) atoms. The number of nitrogens with zero attached hydrogens (tertiary/aromatic N) is 1. The summed E-state index contributed by atoms with van der Waals surface area (Å²) >= 11 is 0. The zero-order valence-electron chi connectivity index (χ0n) is 10.3. The molecule has 0 heterocycles. The molecule has 1 unspecified atom stereocenters. The Morgan fingerprint density at radius 3 is 1.76 bits per heavy atom. The summed E-state index contributed by atoms with van der Waals surface area (Å²) in [6, 6.07) is 0. The normalized spacial score (nSPS) is 15.8. The lowest BCUT2D eigenvalue weighted by molar-refractivity contribution is -0.138. The third-order valence-electron chi connectivity index (χ3n) is 2.52. The Hall–Kier alpha value is -0.180. The van der Waals surface area contributed by atoms with Gasteiger partial charge in [0, 0.05) is 5.54 Å². The second-order valence-electron chi connectivity index (χ2n) is 5.14. The van der Waals surface area contributed by atoms with Crippen LogP contribution in [0.2, 0.25) is 11.0 Å². The predicted molar refractivity (Wildman–Crippen MR) is 72.9 cm³/mol. The Morgan fingerprint density at radius 2 is 1.53 bits per heavy atom. The molecule has 0 aromatic heterocycles. The van der Waals surface area contributed by atoms with Gasteiger partial charge in [-0.3, -0.25) is 4.79 Å². The van der Waals surface area contributed by atoms with Crippen LogP contribution in [0, 0.1) is 0 Å². The topological polar surface area (TPSA) is 40.5 Å². The summed E-state index contributed by atoms with van der Waals surface area (Å²) in [6.07, 6.45) is 0. The van der Waals surface area contributed by atoms with Crippen molar-refractivity contribution in [2.75, 3.05) is 0 Å². The molecular weight excluding hydrogens is 207 g/mol. The second kappa shape index (κ2) is 4.83. The van der Waals surface area contributed by atoms with Crippen molar-refractivity contribution in [3.8, 4) is 0 Å². The third-order valence-corrected chi connectivity index (χ3v) is 2.52. The molecule has 0 fully saturated rings. The van der Waals surface area contributed by atoms with Crippen molar-refractivity contribution in [2.24, 2.45) is 0 Å². The Kier molecular flexibility index (Phi) is 4.78. The molecule has 0 bridgehead atoms. The summed E-state index contributed by atoms with van der Waals surface area (Å²) < 4.78 is 0. The van der Waals surface area contributed by atoms with Gasteiger partial charge in [0.1, 0.15) is 0 Å². The average molecular weight is 218 g/mol. The van der Waals surface area contributed by atoms with Gasteiger partial charge in [-0.2, -0.15) is 0 Å². The van der Waals surface area contributed by atoms with E-state index in [1.54, 1.807) is 20.8 Å². The van der Waals surface area contributed by atoms with E-state index in [9.17, 15) is 4.79 Å². The average Bonchev–Trinajstić information content (AvgIpc) is 2.13. The molecule has 1 atom stereocenters. The van der Waals surface area contributed by atoms with Gasteiger partial charge < -0.3 is 9.92 Å². The zero-order chi connectivity index (χ0) is 14.2. The fourth-order valence-electron chi connectivity index (χ4n) is 1.25. The molecule has 0 saturated heterocycles. The molecule has 78 valence electrons. The lowest BCUT2D eigenvalue weighted by Crippen LogP contribution is -2.62. The van der Waals surface area contributed by atoms with E-state index in [0.717, 1.165) is 4.81 Å². The van der Waals surface area contributed by atoms with E-state index in [-0.39, 0.29) is 0 Å². The largest absolute Gasteiger partial charge is 0.482 e. The van der Waals surface area contributed by atoms with Crippen LogP contribution in [0.1, 0.15) is 20.8 Å². The molecule has 0 amide bonds.